The normalized spacial score (nSPS) is 23.9. The van der Waals surface area contributed by atoms with Gasteiger partial charge in [0, 0.05) is 22.2 Å². The molecule has 0 spiro atoms. The number of nitrogen functional groups attached to an aromatic ring is 1. The third kappa shape index (κ3) is 3.88. The maximum Gasteiger partial charge on any atom is 0.353 e. The number of nitrogens with one attached hydrogen (secondary N) is 1. The number of carbonyl (C=O) groups excluding carboxylic acids is 2. The number of oxime groups is 1. The summed E-state index contributed by atoms with van der Waals surface area (Å²) in [4.78, 5) is 52.4. The van der Waals surface area contributed by atoms with Crippen molar-refractivity contribution in [2.45, 2.75) is 29.8 Å². The smallest absolute Gasteiger partial charge is 0.353 e. The first-order valence-corrected chi connectivity index (χ1v) is 12.6. The molecular formula is C17H18N9O5S3+. The van der Waals surface area contributed by atoms with Crippen molar-refractivity contribution in [3.8, 4) is 0 Å². The summed E-state index contributed by atoms with van der Waals surface area (Å²) in [5, 5.41) is 15.9. The van der Waals surface area contributed by atoms with E-state index in [0.29, 0.717) is 23.7 Å². The first-order chi connectivity index (χ1) is 16.4. The van der Waals surface area contributed by atoms with Crippen molar-refractivity contribution in [3.05, 3.63) is 29.1 Å². The molecule has 0 saturated carbocycles. The molecule has 1 fully saturated rings. The molecule has 3 aliphatic rings. The SMILES string of the molecule is CO/N=C(\C(=O)N[C@@H]1C(=O)N2C(C(=O)O)=C(SC3Cn4cnc[n+]4C3)CS[C@H]12)c1nsc(N)n1. The number of β-lactam (4-membered cyclic amide) rings is 1. The third-order valence-corrected chi connectivity index (χ3v) is 8.55. The summed E-state index contributed by atoms with van der Waals surface area (Å²) in [7, 11) is 1.26. The lowest BCUT2D eigenvalue weighted by Crippen LogP contribution is -2.71. The summed E-state index contributed by atoms with van der Waals surface area (Å²) in [6.45, 7) is 1.39. The van der Waals surface area contributed by atoms with Crippen LogP contribution in [0.1, 0.15) is 5.82 Å². The van der Waals surface area contributed by atoms with Crippen LogP contribution in [0.4, 0.5) is 5.13 Å². The molecule has 2 aromatic heterocycles. The summed E-state index contributed by atoms with van der Waals surface area (Å²) >= 11 is 3.74. The molecule has 5 rings (SSSR count). The van der Waals surface area contributed by atoms with Crippen LogP contribution in [0.15, 0.2) is 28.4 Å². The molecule has 14 nitrogen and oxygen atoms in total. The number of fused-ring (bicyclic) bond motifs is 2. The van der Waals surface area contributed by atoms with Gasteiger partial charge in [-0.15, -0.1) is 23.5 Å². The van der Waals surface area contributed by atoms with E-state index in [9.17, 15) is 19.5 Å². The minimum absolute atomic E-state index is 0.0262. The number of hydrogen-bond acceptors (Lipinski definition) is 12. The van der Waals surface area contributed by atoms with Crippen LogP contribution < -0.4 is 15.7 Å². The van der Waals surface area contributed by atoms with Gasteiger partial charge in [-0.2, -0.15) is 18.7 Å². The van der Waals surface area contributed by atoms with Crippen LogP contribution in [0.2, 0.25) is 0 Å². The van der Waals surface area contributed by atoms with Gasteiger partial charge in [0.25, 0.3) is 11.8 Å². The highest BCUT2D eigenvalue weighted by molar-refractivity contribution is 8.06. The number of nitrogens with zero attached hydrogens (tertiary/aromatic N) is 7. The molecule has 3 aliphatic heterocycles. The Morgan fingerprint density at radius 3 is 2.97 bits per heavy atom. The zero-order chi connectivity index (χ0) is 24.0. The minimum atomic E-state index is -1.18. The van der Waals surface area contributed by atoms with E-state index in [-0.39, 0.29) is 27.6 Å². The highest BCUT2D eigenvalue weighted by Crippen LogP contribution is 2.44. The molecule has 5 heterocycles. The number of rotatable bonds is 7. The van der Waals surface area contributed by atoms with Gasteiger partial charge in [0.15, 0.2) is 5.13 Å². The molecule has 2 amide bonds. The molecule has 1 saturated heterocycles. The second kappa shape index (κ2) is 8.88. The highest BCUT2D eigenvalue weighted by Gasteiger charge is 2.55. The first kappa shape index (κ1) is 22.6. The Morgan fingerprint density at radius 2 is 2.29 bits per heavy atom. The molecule has 0 aliphatic carbocycles. The van der Waals surface area contributed by atoms with Crippen LogP contribution in [0.5, 0.6) is 0 Å². The second-order valence-corrected chi connectivity index (χ2v) is 10.7. The van der Waals surface area contributed by atoms with Gasteiger partial charge in [-0.1, -0.05) is 5.16 Å². The molecule has 0 radical (unpaired) electrons. The quantitative estimate of drug-likeness (QED) is 0.165. The van der Waals surface area contributed by atoms with E-state index in [2.05, 4.69) is 24.8 Å². The van der Waals surface area contributed by atoms with Crippen LogP contribution >= 0.6 is 35.1 Å². The molecule has 178 valence electrons. The van der Waals surface area contributed by atoms with Crippen molar-refractivity contribution in [2.24, 2.45) is 5.16 Å². The number of hydrogen-bond donors (Lipinski definition) is 3. The number of thioether (sulfide) groups is 2. The summed E-state index contributed by atoms with van der Waals surface area (Å²) in [6, 6.07) is -0.926. The van der Waals surface area contributed by atoms with Crippen molar-refractivity contribution in [1.29, 1.82) is 0 Å². The van der Waals surface area contributed by atoms with E-state index < -0.39 is 29.2 Å². The van der Waals surface area contributed by atoms with Gasteiger partial charge in [0.05, 0.1) is 11.8 Å². The maximum atomic E-state index is 12.9. The van der Waals surface area contributed by atoms with Gasteiger partial charge >= 0.3 is 12.3 Å². The monoisotopic (exact) mass is 524 g/mol. The van der Waals surface area contributed by atoms with Gasteiger partial charge in [0.2, 0.25) is 17.9 Å². The van der Waals surface area contributed by atoms with Gasteiger partial charge in [0.1, 0.15) is 30.8 Å². The van der Waals surface area contributed by atoms with E-state index in [0.717, 1.165) is 11.5 Å². The largest absolute Gasteiger partial charge is 0.477 e. The number of aliphatic carboxylic acids is 1. The Bertz CT molecular complexity index is 1220. The number of carboxylic acid groups (broad SMARTS) is 1. The van der Waals surface area contributed by atoms with Crippen LogP contribution in [-0.4, -0.2) is 82.1 Å². The van der Waals surface area contributed by atoms with E-state index >= 15 is 0 Å². The fourth-order valence-corrected chi connectivity index (χ4v) is 7.13. The zero-order valence-corrected chi connectivity index (χ0v) is 20.0. The molecular weight excluding hydrogens is 506 g/mol. The van der Waals surface area contributed by atoms with Crippen molar-refractivity contribution >= 4 is 63.7 Å². The van der Waals surface area contributed by atoms with E-state index in [1.54, 1.807) is 12.7 Å². The van der Waals surface area contributed by atoms with Crippen LogP contribution in [0, 0.1) is 0 Å². The Hall–Kier alpha value is -3.18. The van der Waals surface area contributed by atoms with Gasteiger partial charge in [-0.25, -0.2) is 4.79 Å². The van der Waals surface area contributed by atoms with E-state index in [1.165, 1.54) is 35.5 Å². The van der Waals surface area contributed by atoms with Gasteiger partial charge in [-0.3, -0.25) is 14.5 Å². The number of anilines is 1. The van der Waals surface area contributed by atoms with Gasteiger partial charge < -0.3 is 21.0 Å². The second-order valence-electron chi connectivity index (χ2n) is 7.38. The minimum Gasteiger partial charge on any atom is -0.477 e. The Labute approximate surface area is 204 Å². The fourth-order valence-electron chi connectivity index (χ4n) is 3.87. The number of amides is 2. The average Bonchev–Trinajstić information content (AvgIpc) is 3.51. The Morgan fingerprint density at radius 1 is 1.47 bits per heavy atom. The number of aromatic nitrogens is 5. The molecule has 17 heteroatoms. The lowest BCUT2D eigenvalue weighted by atomic mass is 10.0. The van der Waals surface area contributed by atoms with Crippen LogP contribution in [-0.2, 0) is 32.3 Å². The summed E-state index contributed by atoms with van der Waals surface area (Å²) in [5.41, 5.74) is 5.31. The zero-order valence-electron chi connectivity index (χ0n) is 17.5. The topological polar surface area (TPSA) is 182 Å². The lowest BCUT2D eigenvalue weighted by Gasteiger charge is -2.49. The number of nitrogens with two attached hydrogens (primary N) is 1. The van der Waals surface area contributed by atoms with Crippen LogP contribution in [0.25, 0.3) is 0 Å². The summed E-state index contributed by atoms with van der Waals surface area (Å²) in [5.74, 6) is -2.04. The van der Waals surface area contributed by atoms with E-state index in [1.807, 2.05) is 9.36 Å². The Balaban J connectivity index is 1.31. The van der Waals surface area contributed by atoms with Crippen molar-refractivity contribution in [3.63, 3.8) is 0 Å². The standard InChI is InChI=1S/C17H17N9O5S3/c1-31-22-9(12-21-17(18)34-23-12)13(27)20-10-14(28)26-11(16(29)30)8(4-32-15(10)26)33-7-2-24-5-19-6-25(24)3-7/h5-7,10,15H,2-4H2,1H3,(H3-,18,20,21,23,27,29,30)/p+1/b22-9-/t10-,15-/m1/s1. The molecule has 0 unspecified atom stereocenters. The van der Waals surface area contributed by atoms with Crippen molar-refractivity contribution < 1.29 is 29.0 Å². The molecule has 2 aromatic rings. The third-order valence-electron chi connectivity index (χ3n) is 5.29. The molecule has 2 atom stereocenters. The molecule has 0 aromatic carbocycles. The number of carboxylic acids is 1. The maximum absolute atomic E-state index is 12.9. The summed E-state index contributed by atoms with van der Waals surface area (Å²) in [6.07, 6.45) is 3.45. The Kier molecular flexibility index (Phi) is 5.90. The summed E-state index contributed by atoms with van der Waals surface area (Å²) < 4.78 is 7.87. The van der Waals surface area contributed by atoms with Crippen molar-refractivity contribution in [2.75, 3.05) is 18.6 Å². The number of carbonyl (C=O) groups is 3. The van der Waals surface area contributed by atoms with Gasteiger partial charge in [-0.05, 0) is 4.98 Å². The molecule has 4 N–H and O–H groups in total. The highest BCUT2D eigenvalue weighted by atomic mass is 32.2. The predicted molar refractivity (Wildman–Crippen MR) is 121 cm³/mol. The lowest BCUT2D eigenvalue weighted by molar-refractivity contribution is -0.758. The predicted octanol–water partition coefficient (Wildman–Crippen LogP) is -1.53. The average molecular weight is 525 g/mol. The molecule has 0 bridgehead atoms. The van der Waals surface area contributed by atoms with E-state index in [4.69, 9.17) is 10.6 Å². The fraction of sp³-hybridized carbons (Fsp3) is 0.412. The first-order valence-electron chi connectivity index (χ1n) is 9.86. The molecule has 34 heavy (non-hydrogen) atoms. The van der Waals surface area contributed by atoms with Crippen LogP contribution in [0.3, 0.4) is 0 Å². The van der Waals surface area contributed by atoms with Crippen molar-refractivity contribution in [1.82, 2.24) is 29.2 Å².